The van der Waals surface area contributed by atoms with Crippen LogP contribution in [0.1, 0.15) is 44.4 Å². The highest BCUT2D eigenvalue weighted by molar-refractivity contribution is 5.73. The van der Waals surface area contributed by atoms with Gasteiger partial charge in [0.25, 0.3) is 0 Å². The fourth-order valence-electron chi connectivity index (χ4n) is 4.44. The van der Waals surface area contributed by atoms with E-state index in [0.717, 1.165) is 29.2 Å². The van der Waals surface area contributed by atoms with Gasteiger partial charge in [0.15, 0.2) is 0 Å². The molecule has 0 aliphatic heterocycles. The number of amides is 1. The van der Waals surface area contributed by atoms with Gasteiger partial charge in [-0.3, -0.25) is 4.79 Å². The van der Waals surface area contributed by atoms with Crippen molar-refractivity contribution in [3.05, 3.63) is 95.1 Å². The maximum atomic E-state index is 13.6. The lowest BCUT2D eigenvalue weighted by atomic mass is 9.86. The highest BCUT2D eigenvalue weighted by Gasteiger charge is 2.21. The number of carbonyl (C=O) groups excluding carboxylic acids is 1. The van der Waals surface area contributed by atoms with Crippen molar-refractivity contribution in [2.75, 3.05) is 6.54 Å². The van der Waals surface area contributed by atoms with E-state index in [9.17, 15) is 18.7 Å². The van der Waals surface area contributed by atoms with Crippen LogP contribution in [-0.2, 0) is 24.2 Å². The Hall–Kier alpha value is -3.09. The lowest BCUT2D eigenvalue weighted by Gasteiger charge is -2.25. The van der Waals surface area contributed by atoms with Crippen LogP contribution in [0.4, 0.5) is 8.78 Å². The Bertz CT molecular complexity index is 1140. The zero-order valence-corrected chi connectivity index (χ0v) is 21.4. The number of benzene rings is 3. The van der Waals surface area contributed by atoms with Crippen LogP contribution in [0.15, 0.2) is 66.7 Å². The quantitative estimate of drug-likeness (QED) is 0.353. The van der Waals surface area contributed by atoms with Gasteiger partial charge in [-0.15, -0.1) is 0 Å². The molecule has 0 spiro atoms. The van der Waals surface area contributed by atoms with Gasteiger partial charge in [0.2, 0.25) is 5.91 Å². The third-order valence-electron chi connectivity index (χ3n) is 5.89. The number of aliphatic hydroxyl groups is 1. The van der Waals surface area contributed by atoms with Crippen molar-refractivity contribution in [2.24, 2.45) is 5.41 Å². The molecule has 0 aliphatic carbocycles. The average molecular weight is 495 g/mol. The average Bonchev–Trinajstić information content (AvgIpc) is 2.77. The van der Waals surface area contributed by atoms with Crippen molar-refractivity contribution in [1.29, 1.82) is 0 Å². The molecule has 2 atom stereocenters. The summed E-state index contributed by atoms with van der Waals surface area (Å²) >= 11 is 0. The largest absolute Gasteiger partial charge is 0.390 e. The van der Waals surface area contributed by atoms with Gasteiger partial charge in [-0.25, -0.2) is 8.78 Å². The minimum absolute atomic E-state index is 0.105. The summed E-state index contributed by atoms with van der Waals surface area (Å²) in [6.45, 7) is 8.68. The van der Waals surface area contributed by atoms with Crippen molar-refractivity contribution < 1.29 is 18.7 Å². The van der Waals surface area contributed by atoms with Crippen LogP contribution in [0.2, 0.25) is 0 Å². The van der Waals surface area contributed by atoms with Gasteiger partial charge in [0, 0.05) is 26.1 Å². The molecule has 2 unspecified atom stereocenters. The SMILES string of the molecule is CC(=O)NC(Cc1cc(F)cc(F)c1)C(O)CNCc1cc(CC(C)(C)C)ccc1-c1ccccc1. The molecule has 192 valence electrons. The second-order valence-electron chi connectivity index (χ2n) is 10.6. The molecule has 0 saturated heterocycles. The predicted molar refractivity (Wildman–Crippen MR) is 140 cm³/mol. The summed E-state index contributed by atoms with van der Waals surface area (Å²) < 4.78 is 27.3. The first-order valence-electron chi connectivity index (χ1n) is 12.3. The molecule has 1 amide bonds. The summed E-state index contributed by atoms with van der Waals surface area (Å²) in [7, 11) is 0. The molecule has 0 aliphatic rings. The zero-order valence-electron chi connectivity index (χ0n) is 21.4. The Labute approximate surface area is 212 Å². The second kappa shape index (κ2) is 12.2. The van der Waals surface area contributed by atoms with Gasteiger partial charge < -0.3 is 15.7 Å². The van der Waals surface area contributed by atoms with Gasteiger partial charge in [0.1, 0.15) is 11.6 Å². The number of carbonyl (C=O) groups is 1. The first-order valence-corrected chi connectivity index (χ1v) is 12.3. The van der Waals surface area contributed by atoms with Crippen LogP contribution >= 0.6 is 0 Å². The first-order chi connectivity index (χ1) is 17.0. The molecule has 3 N–H and O–H groups in total. The molecule has 0 heterocycles. The second-order valence-corrected chi connectivity index (χ2v) is 10.6. The van der Waals surface area contributed by atoms with Crippen molar-refractivity contribution in [3.63, 3.8) is 0 Å². The molecule has 3 aromatic carbocycles. The van der Waals surface area contributed by atoms with E-state index < -0.39 is 23.8 Å². The van der Waals surface area contributed by atoms with E-state index in [-0.39, 0.29) is 24.3 Å². The summed E-state index contributed by atoms with van der Waals surface area (Å²) in [6.07, 6.45) is 0.0816. The van der Waals surface area contributed by atoms with Crippen molar-refractivity contribution in [2.45, 2.75) is 59.2 Å². The molecule has 3 aromatic rings. The molecule has 0 saturated carbocycles. The highest BCUT2D eigenvalue weighted by Crippen LogP contribution is 2.28. The highest BCUT2D eigenvalue weighted by atomic mass is 19.1. The minimum atomic E-state index is -0.960. The predicted octanol–water partition coefficient (Wildman–Crippen LogP) is 5.42. The molecule has 3 rings (SSSR count). The lowest BCUT2D eigenvalue weighted by molar-refractivity contribution is -0.120. The van der Waals surface area contributed by atoms with E-state index in [1.54, 1.807) is 0 Å². The zero-order chi connectivity index (χ0) is 26.3. The Morgan fingerprint density at radius 3 is 2.22 bits per heavy atom. The van der Waals surface area contributed by atoms with Crippen LogP contribution in [0.5, 0.6) is 0 Å². The molecular weight excluding hydrogens is 458 g/mol. The van der Waals surface area contributed by atoms with Crippen molar-refractivity contribution >= 4 is 5.91 Å². The maximum Gasteiger partial charge on any atom is 0.217 e. The van der Waals surface area contributed by atoms with Gasteiger partial charge >= 0.3 is 0 Å². The number of hydrogen-bond donors (Lipinski definition) is 3. The van der Waals surface area contributed by atoms with E-state index in [2.05, 4.69) is 61.7 Å². The van der Waals surface area contributed by atoms with Gasteiger partial charge in [-0.2, -0.15) is 0 Å². The summed E-state index contributed by atoms with van der Waals surface area (Å²) in [5.74, 6) is -1.71. The van der Waals surface area contributed by atoms with Crippen LogP contribution in [0, 0.1) is 17.0 Å². The Balaban J connectivity index is 1.74. The number of nitrogens with one attached hydrogen (secondary N) is 2. The molecule has 6 heteroatoms. The standard InChI is InChI=1S/C30H36F2N2O2/c1-20(35)34-28(15-22-13-25(31)16-26(32)14-22)29(36)19-33-18-24-12-21(17-30(2,3)4)10-11-27(24)23-8-6-5-7-9-23/h5-14,16,28-29,33,36H,15,17-19H2,1-4H3,(H,34,35). The Morgan fingerprint density at radius 2 is 1.61 bits per heavy atom. The van der Waals surface area contributed by atoms with E-state index >= 15 is 0 Å². The van der Waals surface area contributed by atoms with E-state index in [0.29, 0.717) is 12.1 Å². The number of halogens is 2. The minimum Gasteiger partial charge on any atom is -0.390 e. The maximum absolute atomic E-state index is 13.6. The summed E-state index contributed by atoms with van der Waals surface area (Å²) in [6, 6.07) is 19.2. The van der Waals surface area contributed by atoms with Gasteiger partial charge in [-0.05, 0) is 58.2 Å². The fraction of sp³-hybridized carbons (Fsp3) is 0.367. The number of hydrogen-bond acceptors (Lipinski definition) is 3. The number of aliphatic hydroxyl groups excluding tert-OH is 1. The monoisotopic (exact) mass is 494 g/mol. The molecule has 4 nitrogen and oxygen atoms in total. The molecule has 0 radical (unpaired) electrons. The summed E-state index contributed by atoms with van der Waals surface area (Å²) in [5, 5.41) is 16.9. The smallest absolute Gasteiger partial charge is 0.217 e. The van der Waals surface area contributed by atoms with E-state index in [4.69, 9.17) is 0 Å². The summed E-state index contributed by atoms with van der Waals surface area (Å²) in [4.78, 5) is 11.7. The third-order valence-corrected chi connectivity index (χ3v) is 5.89. The van der Waals surface area contributed by atoms with Crippen LogP contribution in [0.3, 0.4) is 0 Å². The third kappa shape index (κ3) is 8.54. The topological polar surface area (TPSA) is 61.4 Å². The van der Waals surface area contributed by atoms with E-state index in [1.165, 1.54) is 24.6 Å². The summed E-state index contributed by atoms with van der Waals surface area (Å²) in [5.41, 5.74) is 5.09. The fourth-order valence-corrected chi connectivity index (χ4v) is 4.44. The van der Waals surface area contributed by atoms with Crippen LogP contribution in [-0.4, -0.2) is 29.7 Å². The Morgan fingerprint density at radius 1 is 0.944 bits per heavy atom. The van der Waals surface area contributed by atoms with Crippen molar-refractivity contribution in [1.82, 2.24) is 10.6 Å². The Kier molecular flexibility index (Phi) is 9.35. The van der Waals surface area contributed by atoms with Gasteiger partial charge in [-0.1, -0.05) is 69.3 Å². The first kappa shape index (κ1) is 27.5. The van der Waals surface area contributed by atoms with Crippen LogP contribution in [0.25, 0.3) is 11.1 Å². The van der Waals surface area contributed by atoms with Gasteiger partial charge in [0.05, 0.1) is 12.1 Å². The molecule has 36 heavy (non-hydrogen) atoms. The normalized spacial score (nSPS) is 13.3. The molecule has 0 aromatic heterocycles. The van der Waals surface area contributed by atoms with Crippen molar-refractivity contribution in [3.8, 4) is 11.1 Å². The van der Waals surface area contributed by atoms with Crippen LogP contribution < -0.4 is 10.6 Å². The lowest BCUT2D eigenvalue weighted by Crippen LogP contribution is -2.48. The molecule has 0 bridgehead atoms. The van der Waals surface area contributed by atoms with E-state index in [1.807, 2.05) is 18.2 Å². The molecular formula is C30H36F2N2O2. The molecule has 0 fully saturated rings. The number of rotatable bonds is 10.